The zero-order valence-corrected chi connectivity index (χ0v) is 12.4. The quantitative estimate of drug-likeness (QED) is 0.789. The summed E-state index contributed by atoms with van der Waals surface area (Å²) >= 11 is 6.07. The molecule has 0 saturated heterocycles. The van der Waals surface area contributed by atoms with Gasteiger partial charge in [0.1, 0.15) is 11.3 Å². The van der Waals surface area contributed by atoms with Crippen LogP contribution in [0.15, 0.2) is 12.3 Å². The molecule has 0 amide bonds. The zero-order valence-electron chi connectivity index (χ0n) is 11.6. The highest BCUT2D eigenvalue weighted by molar-refractivity contribution is 6.16. The number of nitrogens with zero attached hydrogens (tertiary/aromatic N) is 3. The van der Waals surface area contributed by atoms with E-state index in [1.807, 2.05) is 13.1 Å². The zero-order chi connectivity index (χ0) is 13.5. The number of aromatic nitrogens is 3. The Morgan fingerprint density at radius 1 is 1.42 bits per heavy atom. The van der Waals surface area contributed by atoms with Crippen molar-refractivity contribution >= 4 is 22.8 Å². The number of pyridine rings is 1. The van der Waals surface area contributed by atoms with E-state index >= 15 is 0 Å². The first kappa shape index (κ1) is 12.9. The molecule has 0 bridgehead atoms. The summed E-state index contributed by atoms with van der Waals surface area (Å²) < 4.78 is 2.24. The minimum absolute atomic E-state index is 0.445. The summed E-state index contributed by atoms with van der Waals surface area (Å²) in [6, 6.07) is 2.09. The van der Waals surface area contributed by atoms with Gasteiger partial charge in [0.25, 0.3) is 0 Å². The molecule has 102 valence electrons. The molecule has 3 nitrogen and oxygen atoms in total. The third-order valence-corrected chi connectivity index (χ3v) is 4.82. The van der Waals surface area contributed by atoms with E-state index in [1.165, 1.54) is 25.7 Å². The maximum absolute atomic E-state index is 6.07. The highest BCUT2D eigenvalue weighted by Gasteiger charge is 2.36. The molecule has 0 radical (unpaired) electrons. The lowest BCUT2D eigenvalue weighted by atomic mass is 9.67. The molecule has 1 saturated carbocycles. The van der Waals surface area contributed by atoms with Gasteiger partial charge in [-0.1, -0.05) is 13.3 Å². The average Bonchev–Trinajstić information content (AvgIpc) is 2.70. The van der Waals surface area contributed by atoms with E-state index in [4.69, 9.17) is 11.6 Å². The van der Waals surface area contributed by atoms with Gasteiger partial charge in [0.15, 0.2) is 5.65 Å². The molecule has 0 aliphatic heterocycles. The van der Waals surface area contributed by atoms with Crippen molar-refractivity contribution in [3.8, 4) is 0 Å². The fourth-order valence-electron chi connectivity index (χ4n) is 3.06. The highest BCUT2D eigenvalue weighted by atomic mass is 35.5. The SMILES string of the molecule is CCC1(Cn2c(CCl)nc3cc(C)cnc32)CCC1. The van der Waals surface area contributed by atoms with Gasteiger partial charge in [-0.15, -0.1) is 11.6 Å². The number of hydrogen-bond acceptors (Lipinski definition) is 2. The molecule has 0 unspecified atom stereocenters. The Balaban J connectivity index is 2.05. The van der Waals surface area contributed by atoms with Crippen molar-refractivity contribution < 1.29 is 0 Å². The fraction of sp³-hybridized carbons (Fsp3) is 0.600. The van der Waals surface area contributed by atoms with Crippen molar-refractivity contribution in [1.29, 1.82) is 0 Å². The second-order valence-corrected chi connectivity index (χ2v) is 6.08. The first-order chi connectivity index (χ1) is 9.17. The van der Waals surface area contributed by atoms with E-state index in [2.05, 4.69) is 27.5 Å². The van der Waals surface area contributed by atoms with Gasteiger partial charge in [-0.3, -0.25) is 0 Å². The van der Waals surface area contributed by atoms with Gasteiger partial charge in [0, 0.05) is 12.7 Å². The molecule has 3 rings (SSSR count). The van der Waals surface area contributed by atoms with Crippen molar-refractivity contribution in [2.24, 2.45) is 5.41 Å². The summed E-state index contributed by atoms with van der Waals surface area (Å²) in [5, 5.41) is 0. The van der Waals surface area contributed by atoms with Crippen LogP contribution in [0.2, 0.25) is 0 Å². The molecule has 2 aromatic heterocycles. The molecule has 1 fully saturated rings. The molecule has 2 aromatic rings. The minimum atomic E-state index is 0.445. The number of imidazole rings is 1. The number of halogens is 1. The summed E-state index contributed by atoms with van der Waals surface area (Å²) in [6.45, 7) is 5.35. The van der Waals surface area contributed by atoms with Gasteiger partial charge in [-0.25, -0.2) is 9.97 Å². The van der Waals surface area contributed by atoms with Gasteiger partial charge in [0.2, 0.25) is 0 Å². The second-order valence-electron chi connectivity index (χ2n) is 5.81. The minimum Gasteiger partial charge on any atom is -0.311 e. The molecule has 19 heavy (non-hydrogen) atoms. The molecule has 4 heteroatoms. The van der Waals surface area contributed by atoms with E-state index in [1.54, 1.807) is 0 Å². The van der Waals surface area contributed by atoms with Crippen LogP contribution in [0.1, 0.15) is 44.0 Å². The Hall–Kier alpha value is -1.09. The van der Waals surface area contributed by atoms with Crippen molar-refractivity contribution in [2.45, 2.75) is 52.0 Å². The standard InChI is InChI=1S/C15H20ClN3/c1-3-15(5-4-6-15)10-19-13(8-16)18-12-7-11(2)9-17-14(12)19/h7,9H,3-6,8,10H2,1-2H3. The van der Waals surface area contributed by atoms with Gasteiger partial charge in [0.05, 0.1) is 5.88 Å². The van der Waals surface area contributed by atoms with E-state index < -0.39 is 0 Å². The largest absolute Gasteiger partial charge is 0.311 e. The summed E-state index contributed by atoms with van der Waals surface area (Å²) in [5.74, 6) is 1.41. The van der Waals surface area contributed by atoms with Crippen LogP contribution in [0, 0.1) is 12.3 Å². The number of rotatable bonds is 4. The molecular formula is C15H20ClN3. The third-order valence-electron chi connectivity index (χ3n) is 4.58. The van der Waals surface area contributed by atoms with Crippen LogP contribution in [0.3, 0.4) is 0 Å². The average molecular weight is 278 g/mol. The van der Waals surface area contributed by atoms with Gasteiger partial charge in [-0.2, -0.15) is 0 Å². The molecule has 0 aromatic carbocycles. The number of fused-ring (bicyclic) bond motifs is 1. The topological polar surface area (TPSA) is 30.7 Å². The monoisotopic (exact) mass is 277 g/mol. The maximum atomic E-state index is 6.07. The van der Waals surface area contributed by atoms with Crippen LogP contribution >= 0.6 is 11.6 Å². The number of aryl methyl sites for hydroxylation is 1. The lowest BCUT2D eigenvalue weighted by molar-refractivity contribution is 0.101. The van der Waals surface area contributed by atoms with E-state index in [9.17, 15) is 0 Å². The van der Waals surface area contributed by atoms with Crippen LogP contribution < -0.4 is 0 Å². The van der Waals surface area contributed by atoms with Gasteiger partial charge < -0.3 is 4.57 Å². The van der Waals surface area contributed by atoms with Crippen LogP contribution in [-0.4, -0.2) is 14.5 Å². The van der Waals surface area contributed by atoms with Crippen molar-refractivity contribution in [1.82, 2.24) is 14.5 Å². The Kier molecular flexibility index (Phi) is 3.25. The molecule has 0 N–H and O–H groups in total. The van der Waals surface area contributed by atoms with Crippen LogP contribution in [0.5, 0.6) is 0 Å². The van der Waals surface area contributed by atoms with Crippen LogP contribution in [0.4, 0.5) is 0 Å². The predicted molar refractivity (Wildman–Crippen MR) is 78.4 cm³/mol. The van der Waals surface area contributed by atoms with E-state index in [0.29, 0.717) is 11.3 Å². The summed E-state index contributed by atoms with van der Waals surface area (Å²) in [7, 11) is 0. The first-order valence-electron chi connectivity index (χ1n) is 7.05. The van der Waals surface area contributed by atoms with Crippen LogP contribution in [0.25, 0.3) is 11.2 Å². The highest BCUT2D eigenvalue weighted by Crippen LogP contribution is 2.45. The number of hydrogen-bond donors (Lipinski definition) is 0. The lowest BCUT2D eigenvalue weighted by Crippen LogP contribution is -2.34. The summed E-state index contributed by atoms with van der Waals surface area (Å²) in [4.78, 5) is 9.21. The Bertz CT molecular complexity index is 593. The lowest BCUT2D eigenvalue weighted by Gasteiger charge is -2.41. The molecular weight excluding hydrogens is 258 g/mol. The van der Waals surface area contributed by atoms with Gasteiger partial charge >= 0.3 is 0 Å². The maximum Gasteiger partial charge on any atom is 0.160 e. The third kappa shape index (κ3) is 2.14. The Morgan fingerprint density at radius 2 is 2.21 bits per heavy atom. The molecule has 0 atom stereocenters. The summed E-state index contributed by atoms with van der Waals surface area (Å²) in [5.41, 5.74) is 3.55. The molecule has 1 aliphatic carbocycles. The van der Waals surface area contributed by atoms with Gasteiger partial charge in [-0.05, 0) is 43.2 Å². The molecule has 1 aliphatic rings. The molecule has 2 heterocycles. The predicted octanol–water partition coefficient (Wildman–Crippen LogP) is 4.06. The van der Waals surface area contributed by atoms with Crippen molar-refractivity contribution in [3.63, 3.8) is 0 Å². The molecule has 0 spiro atoms. The summed E-state index contributed by atoms with van der Waals surface area (Å²) in [6.07, 6.45) is 7.12. The van der Waals surface area contributed by atoms with Crippen molar-refractivity contribution in [2.75, 3.05) is 0 Å². The number of alkyl halides is 1. The first-order valence-corrected chi connectivity index (χ1v) is 7.59. The van der Waals surface area contributed by atoms with E-state index in [-0.39, 0.29) is 0 Å². The normalized spacial score (nSPS) is 17.6. The van der Waals surface area contributed by atoms with E-state index in [0.717, 1.165) is 29.1 Å². The van der Waals surface area contributed by atoms with Crippen LogP contribution in [-0.2, 0) is 12.4 Å². The Morgan fingerprint density at radius 3 is 2.79 bits per heavy atom. The fourth-order valence-corrected chi connectivity index (χ4v) is 3.27. The smallest absolute Gasteiger partial charge is 0.160 e. The van der Waals surface area contributed by atoms with Crippen molar-refractivity contribution in [3.05, 3.63) is 23.7 Å². The second kappa shape index (κ2) is 4.78. The Labute approximate surface area is 119 Å².